The Labute approximate surface area is 187 Å². The van der Waals surface area contributed by atoms with Gasteiger partial charge in [-0.2, -0.15) is 0 Å². The van der Waals surface area contributed by atoms with Crippen molar-refractivity contribution in [3.8, 4) is 23.3 Å². The molecule has 2 bridgehead atoms. The SMILES string of the molecule is Oc1c2c(c(O)n1C1CCN(CC3COc4ccccc4O3)CC1)[C@H]1C=CC2C2C=CC21. The van der Waals surface area contributed by atoms with E-state index in [1.54, 1.807) is 0 Å². The number of likely N-dealkylation sites (tertiary alicyclic amines) is 1. The van der Waals surface area contributed by atoms with Crippen LogP contribution in [-0.2, 0) is 0 Å². The number of aromatic nitrogens is 1. The molecule has 2 aliphatic heterocycles. The molecule has 1 aromatic heterocycles. The molecule has 6 heteroatoms. The number of nitrogens with zero attached hydrogens (tertiary/aromatic N) is 2. The topological polar surface area (TPSA) is 67.1 Å². The van der Waals surface area contributed by atoms with Gasteiger partial charge in [0.2, 0.25) is 0 Å². The second-order valence-electron chi connectivity index (χ2n) is 9.85. The maximum atomic E-state index is 11.2. The van der Waals surface area contributed by atoms with E-state index in [4.69, 9.17) is 9.47 Å². The van der Waals surface area contributed by atoms with Crippen molar-refractivity contribution in [1.82, 2.24) is 9.47 Å². The monoisotopic (exact) mass is 432 g/mol. The molecule has 6 nitrogen and oxygen atoms in total. The summed E-state index contributed by atoms with van der Waals surface area (Å²) in [5.41, 5.74) is 1.93. The summed E-state index contributed by atoms with van der Waals surface area (Å²) in [5.74, 6) is 3.55. The molecule has 8 rings (SSSR count). The smallest absolute Gasteiger partial charge is 0.198 e. The van der Waals surface area contributed by atoms with Gasteiger partial charge in [-0.05, 0) is 36.8 Å². The lowest BCUT2D eigenvalue weighted by molar-refractivity contribution is 0.0476. The molecule has 6 aliphatic rings. The van der Waals surface area contributed by atoms with Crippen molar-refractivity contribution in [3.05, 3.63) is 59.7 Å². The number of benzene rings is 1. The largest absolute Gasteiger partial charge is 0.494 e. The Balaban J connectivity index is 1.05. The van der Waals surface area contributed by atoms with Crippen LogP contribution < -0.4 is 9.47 Å². The van der Waals surface area contributed by atoms with E-state index < -0.39 is 0 Å². The Hall–Kier alpha value is -2.86. The summed E-state index contributed by atoms with van der Waals surface area (Å²) >= 11 is 0. The number of allylic oxidation sites excluding steroid dienone is 4. The normalized spacial score (nSPS) is 32.4. The fraction of sp³-hybridized carbons (Fsp3) is 0.462. The van der Waals surface area contributed by atoms with Gasteiger partial charge in [-0.15, -0.1) is 0 Å². The lowest BCUT2D eigenvalue weighted by Crippen LogP contribution is -2.44. The van der Waals surface area contributed by atoms with Gasteiger partial charge in [-0.25, -0.2) is 0 Å². The summed E-state index contributed by atoms with van der Waals surface area (Å²) in [5, 5.41) is 22.3. The highest BCUT2D eigenvalue weighted by atomic mass is 16.6. The third-order valence-electron chi connectivity index (χ3n) is 8.20. The molecular weight excluding hydrogens is 404 g/mol. The maximum Gasteiger partial charge on any atom is 0.198 e. The molecular formula is C26H28N2O4. The number of rotatable bonds is 3. The molecule has 4 unspecified atom stereocenters. The Bertz CT molecular complexity index is 1080. The highest BCUT2D eigenvalue weighted by Crippen LogP contribution is 2.62. The van der Waals surface area contributed by atoms with E-state index in [2.05, 4.69) is 29.2 Å². The predicted molar refractivity (Wildman–Crippen MR) is 120 cm³/mol. The fourth-order valence-electron chi connectivity index (χ4n) is 6.56. The number of aromatic hydroxyl groups is 2. The van der Waals surface area contributed by atoms with Gasteiger partial charge >= 0.3 is 0 Å². The van der Waals surface area contributed by atoms with Gasteiger partial charge in [0, 0.05) is 48.6 Å². The van der Waals surface area contributed by atoms with E-state index in [1.807, 2.05) is 28.8 Å². The highest BCUT2D eigenvalue weighted by molar-refractivity contribution is 5.60. The van der Waals surface area contributed by atoms with E-state index in [1.165, 1.54) is 0 Å². The molecule has 32 heavy (non-hydrogen) atoms. The van der Waals surface area contributed by atoms with Crippen LogP contribution in [0.2, 0.25) is 0 Å². The summed E-state index contributed by atoms with van der Waals surface area (Å²) in [6.45, 7) is 3.21. The third kappa shape index (κ3) is 2.56. The first-order chi connectivity index (χ1) is 15.7. The Morgan fingerprint density at radius 3 is 2.09 bits per heavy atom. The second kappa shape index (κ2) is 6.82. The zero-order valence-corrected chi connectivity index (χ0v) is 17.9. The van der Waals surface area contributed by atoms with Gasteiger partial charge in [0.1, 0.15) is 12.7 Å². The minimum absolute atomic E-state index is 0.0202. The minimum Gasteiger partial charge on any atom is -0.494 e. The molecule has 0 radical (unpaired) electrons. The zero-order valence-electron chi connectivity index (χ0n) is 17.9. The average Bonchev–Trinajstić information content (AvgIpc) is 3.06. The Morgan fingerprint density at radius 1 is 0.844 bits per heavy atom. The molecule has 2 aromatic rings. The number of para-hydroxylation sites is 2. The van der Waals surface area contributed by atoms with Crippen molar-refractivity contribution in [1.29, 1.82) is 0 Å². The molecule has 4 aliphatic carbocycles. The molecule has 0 saturated carbocycles. The van der Waals surface area contributed by atoms with Crippen LogP contribution in [0.1, 0.15) is 41.8 Å². The highest BCUT2D eigenvalue weighted by Gasteiger charge is 2.50. The Morgan fingerprint density at radius 2 is 1.47 bits per heavy atom. The number of hydrogen-bond donors (Lipinski definition) is 2. The van der Waals surface area contributed by atoms with Crippen molar-refractivity contribution in [3.63, 3.8) is 0 Å². The van der Waals surface area contributed by atoms with E-state index >= 15 is 0 Å². The van der Waals surface area contributed by atoms with E-state index in [0.29, 0.717) is 18.4 Å². The first-order valence-electron chi connectivity index (χ1n) is 11.8. The summed E-state index contributed by atoms with van der Waals surface area (Å²) in [7, 11) is 0. The molecule has 1 fully saturated rings. The molecule has 166 valence electrons. The molecule has 1 saturated heterocycles. The van der Waals surface area contributed by atoms with Crippen molar-refractivity contribution in [2.24, 2.45) is 11.8 Å². The van der Waals surface area contributed by atoms with Crippen LogP contribution in [0.15, 0.2) is 48.6 Å². The number of hydrogen-bond acceptors (Lipinski definition) is 5. The molecule has 2 N–H and O–H groups in total. The van der Waals surface area contributed by atoms with Gasteiger partial charge < -0.3 is 19.7 Å². The van der Waals surface area contributed by atoms with Crippen molar-refractivity contribution >= 4 is 0 Å². The molecule has 5 atom stereocenters. The summed E-state index contributed by atoms with van der Waals surface area (Å²) in [4.78, 5) is 2.41. The Kier molecular flexibility index (Phi) is 3.98. The zero-order chi connectivity index (χ0) is 21.4. The molecule has 0 amide bonds. The van der Waals surface area contributed by atoms with E-state index in [0.717, 1.165) is 55.1 Å². The van der Waals surface area contributed by atoms with Gasteiger partial charge in [-0.1, -0.05) is 36.4 Å². The van der Waals surface area contributed by atoms with Crippen LogP contribution in [0.3, 0.4) is 0 Å². The minimum atomic E-state index is 0.0202. The molecule has 3 heterocycles. The van der Waals surface area contributed by atoms with Crippen LogP contribution in [0.4, 0.5) is 0 Å². The van der Waals surface area contributed by atoms with Crippen molar-refractivity contribution in [2.75, 3.05) is 26.2 Å². The summed E-state index contributed by atoms with van der Waals surface area (Å²) < 4.78 is 13.8. The van der Waals surface area contributed by atoms with Crippen LogP contribution in [0.5, 0.6) is 23.3 Å². The third-order valence-corrected chi connectivity index (χ3v) is 8.20. The summed E-state index contributed by atoms with van der Waals surface area (Å²) in [6.07, 6.45) is 10.8. The lowest BCUT2D eigenvalue weighted by atomic mass is 9.56. The summed E-state index contributed by atoms with van der Waals surface area (Å²) in [6, 6.07) is 7.94. The van der Waals surface area contributed by atoms with Crippen LogP contribution in [0, 0.1) is 11.8 Å². The van der Waals surface area contributed by atoms with Crippen LogP contribution in [0.25, 0.3) is 0 Å². The van der Waals surface area contributed by atoms with Gasteiger partial charge in [0.05, 0.1) is 0 Å². The van der Waals surface area contributed by atoms with Gasteiger partial charge in [0.25, 0.3) is 0 Å². The van der Waals surface area contributed by atoms with Crippen molar-refractivity contribution in [2.45, 2.75) is 36.8 Å². The quantitative estimate of drug-likeness (QED) is 0.720. The fourth-order valence-corrected chi connectivity index (χ4v) is 6.56. The first-order valence-corrected chi connectivity index (χ1v) is 11.8. The predicted octanol–water partition coefficient (Wildman–Crippen LogP) is 3.93. The van der Waals surface area contributed by atoms with Crippen molar-refractivity contribution < 1.29 is 19.7 Å². The molecule has 0 spiro atoms. The van der Waals surface area contributed by atoms with E-state index in [9.17, 15) is 10.2 Å². The number of ether oxygens (including phenoxy) is 2. The van der Waals surface area contributed by atoms with Crippen LogP contribution >= 0.6 is 0 Å². The first kappa shape index (κ1) is 18.7. The van der Waals surface area contributed by atoms with Gasteiger partial charge in [-0.3, -0.25) is 9.47 Å². The number of piperidine rings is 1. The van der Waals surface area contributed by atoms with Crippen LogP contribution in [-0.4, -0.2) is 52.0 Å². The lowest BCUT2D eigenvalue weighted by Gasteiger charge is -2.47. The second-order valence-corrected chi connectivity index (χ2v) is 9.85. The van der Waals surface area contributed by atoms with E-state index in [-0.39, 0.29) is 35.7 Å². The van der Waals surface area contributed by atoms with Gasteiger partial charge in [0.15, 0.2) is 23.3 Å². The molecule has 1 aromatic carbocycles. The maximum absolute atomic E-state index is 11.2. The number of fused-ring (bicyclic) bond motifs is 1. The standard InChI is InChI=1S/C26H28N2O4/c29-25-23-19-7-8-20(18-6-5-17(18)19)24(23)26(30)28(25)15-9-11-27(12-10-15)13-16-14-31-21-3-1-2-4-22(21)32-16/h1-8,15-20,29-30H,9-14H2/t16?,17?,18?,19-,20?/m0/s1. The average molecular weight is 433 g/mol.